The largest absolute Gasteiger partial charge is 0.361 e. The van der Waals surface area contributed by atoms with Gasteiger partial charge in [-0.05, 0) is 32.2 Å². The molecule has 17 heavy (non-hydrogen) atoms. The van der Waals surface area contributed by atoms with Crippen LogP contribution in [0.3, 0.4) is 0 Å². The fourth-order valence-corrected chi connectivity index (χ4v) is 2.89. The van der Waals surface area contributed by atoms with Crippen molar-refractivity contribution in [3.63, 3.8) is 0 Å². The van der Waals surface area contributed by atoms with E-state index in [1.165, 1.54) is 19.0 Å². The summed E-state index contributed by atoms with van der Waals surface area (Å²) in [6, 6.07) is 0.480. The summed E-state index contributed by atoms with van der Waals surface area (Å²) in [5, 5.41) is 7.16. The zero-order valence-electron chi connectivity index (χ0n) is 9.98. The average molecular weight is 235 g/mol. The third-order valence-electron chi connectivity index (χ3n) is 3.87. The normalized spacial score (nSPS) is 28.2. The van der Waals surface area contributed by atoms with Gasteiger partial charge in [-0.2, -0.15) is 0 Å². The van der Waals surface area contributed by atoms with Gasteiger partial charge in [0.1, 0.15) is 11.3 Å². The Hall–Kier alpha value is -1.36. The average Bonchev–Trinajstić information content (AvgIpc) is 2.93. The van der Waals surface area contributed by atoms with Crippen molar-refractivity contribution in [1.29, 1.82) is 0 Å². The number of carbonyl (C=O) groups is 1. The van der Waals surface area contributed by atoms with Gasteiger partial charge < -0.3 is 14.7 Å². The highest BCUT2D eigenvalue weighted by Crippen LogP contribution is 2.26. The smallest absolute Gasteiger partial charge is 0.259 e. The Balaban J connectivity index is 1.74. The SMILES string of the molecule is Cc1oncc1C(=O)N1C[C@@H]2CCCN[C@@H]2C1. The first-order valence-corrected chi connectivity index (χ1v) is 6.19. The number of hydrogen-bond donors (Lipinski definition) is 1. The van der Waals surface area contributed by atoms with Gasteiger partial charge in [-0.15, -0.1) is 0 Å². The Kier molecular flexibility index (Phi) is 2.63. The van der Waals surface area contributed by atoms with E-state index in [0.29, 0.717) is 23.3 Å². The van der Waals surface area contributed by atoms with Crippen LogP contribution in [0.2, 0.25) is 0 Å². The Morgan fingerprint density at radius 3 is 3.18 bits per heavy atom. The maximum Gasteiger partial charge on any atom is 0.259 e. The van der Waals surface area contributed by atoms with E-state index in [1.807, 2.05) is 4.90 Å². The van der Waals surface area contributed by atoms with Gasteiger partial charge in [-0.1, -0.05) is 5.16 Å². The van der Waals surface area contributed by atoms with Crippen LogP contribution in [-0.2, 0) is 0 Å². The molecule has 0 spiro atoms. The molecule has 0 bridgehead atoms. The molecule has 0 saturated carbocycles. The maximum atomic E-state index is 12.3. The first kappa shape index (κ1) is 10.8. The highest BCUT2D eigenvalue weighted by atomic mass is 16.5. The van der Waals surface area contributed by atoms with E-state index in [4.69, 9.17) is 4.52 Å². The number of nitrogens with one attached hydrogen (secondary N) is 1. The van der Waals surface area contributed by atoms with Gasteiger partial charge in [-0.3, -0.25) is 4.79 Å². The number of amides is 1. The molecule has 0 unspecified atom stereocenters. The van der Waals surface area contributed by atoms with E-state index in [1.54, 1.807) is 6.92 Å². The van der Waals surface area contributed by atoms with E-state index in [9.17, 15) is 4.79 Å². The highest BCUT2D eigenvalue weighted by Gasteiger charge is 2.37. The maximum absolute atomic E-state index is 12.3. The second kappa shape index (κ2) is 4.14. The van der Waals surface area contributed by atoms with E-state index in [-0.39, 0.29) is 5.91 Å². The summed E-state index contributed by atoms with van der Waals surface area (Å²) in [6.45, 7) is 4.53. The second-order valence-corrected chi connectivity index (χ2v) is 4.97. The van der Waals surface area contributed by atoms with Crippen LogP contribution >= 0.6 is 0 Å². The van der Waals surface area contributed by atoms with Crippen molar-refractivity contribution in [2.24, 2.45) is 5.92 Å². The predicted molar refractivity (Wildman–Crippen MR) is 61.7 cm³/mol. The lowest BCUT2D eigenvalue weighted by molar-refractivity contribution is 0.0784. The lowest BCUT2D eigenvalue weighted by Crippen LogP contribution is -2.41. The molecule has 0 aromatic carbocycles. The third-order valence-corrected chi connectivity index (χ3v) is 3.87. The van der Waals surface area contributed by atoms with E-state index >= 15 is 0 Å². The van der Waals surface area contributed by atoms with Gasteiger partial charge in [0.15, 0.2) is 0 Å². The summed E-state index contributed by atoms with van der Waals surface area (Å²) >= 11 is 0. The van der Waals surface area contributed by atoms with Crippen molar-refractivity contribution < 1.29 is 9.32 Å². The van der Waals surface area contributed by atoms with Crippen molar-refractivity contribution in [2.75, 3.05) is 19.6 Å². The number of carbonyl (C=O) groups excluding carboxylic acids is 1. The molecular formula is C12H17N3O2. The van der Waals surface area contributed by atoms with Gasteiger partial charge in [0.2, 0.25) is 0 Å². The van der Waals surface area contributed by atoms with Gasteiger partial charge in [-0.25, -0.2) is 0 Å². The van der Waals surface area contributed by atoms with Crippen LogP contribution in [0.5, 0.6) is 0 Å². The molecule has 0 radical (unpaired) electrons. The van der Waals surface area contributed by atoms with Crippen molar-refractivity contribution >= 4 is 5.91 Å². The minimum atomic E-state index is 0.0555. The first-order chi connectivity index (χ1) is 8.25. The molecule has 0 aliphatic carbocycles. The molecule has 2 fully saturated rings. The molecule has 3 rings (SSSR count). The van der Waals surface area contributed by atoms with Crippen molar-refractivity contribution in [1.82, 2.24) is 15.4 Å². The summed E-state index contributed by atoms with van der Waals surface area (Å²) in [5.74, 6) is 1.28. The standard InChI is InChI=1S/C12H17N3O2/c1-8-10(5-14-17-8)12(16)15-6-9-3-2-4-13-11(9)7-15/h5,9,11,13H,2-4,6-7H2,1H3/t9-,11+/m0/s1. The number of likely N-dealkylation sites (tertiary alicyclic amines) is 1. The molecule has 2 aliphatic rings. The van der Waals surface area contributed by atoms with Crippen LogP contribution in [0.25, 0.3) is 0 Å². The zero-order chi connectivity index (χ0) is 11.8. The number of aromatic nitrogens is 1. The molecule has 1 N–H and O–H groups in total. The van der Waals surface area contributed by atoms with Gasteiger partial charge in [0, 0.05) is 19.1 Å². The van der Waals surface area contributed by atoms with Crippen molar-refractivity contribution in [2.45, 2.75) is 25.8 Å². The van der Waals surface area contributed by atoms with Crippen molar-refractivity contribution in [3.8, 4) is 0 Å². The van der Waals surface area contributed by atoms with Gasteiger partial charge >= 0.3 is 0 Å². The number of aryl methyl sites for hydroxylation is 1. The Morgan fingerprint density at radius 1 is 1.59 bits per heavy atom. The van der Waals surface area contributed by atoms with Crippen LogP contribution in [0.4, 0.5) is 0 Å². The quantitative estimate of drug-likeness (QED) is 0.782. The topological polar surface area (TPSA) is 58.4 Å². The van der Waals surface area contributed by atoms with E-state index in [2.05, 4.69) is 10.5 Å². The van der Waals surface area contributed by atoms with Crippen LogP contribution in [0.15, 0.2) is 10.7 Å². The lowest BCUT2D eigenvalue weighted by Gasteiger charge is -2.24. The number of hydrogen-bond acceptors (Lipinski definition) is 4. The number of fused-ring (bicyclic) bond motifs is 1. The Labute approximate surface area is 100 Å². The summed E-state index contributed by atoms with van der Waals surface area (Å²) in [4.78, 5) is 14.2. The molecule has 1 aromatic heterocycles. The molecule has 2 atom stereocenters. The molecule has 1 aromatic rings. The van der Waals surface area contributed by atoms with Crippen LogP contribution in [0.1, 0.15) is 29.0 Å². The van der Waals surface area contributed by atoms with E-state index < -0.39 is 0 Å². The number of rotatable bonds is 1. The van der Waals surface area contributed by atoms with Gasteiger partial charge in [0.05, 0.1) is 6.20 Å². The summed E-state index contributed by atoms with van der Waals surface area (Å²) < 4.78 is 4.95. The van der Waals surface area contributed by atoms with E-state index in [0.717, 1.165) is 19.6 Å². The van der Waals surface area contributed by atoms with Crippen LogP contribution in [-0.4, -0.2) is 41.6 Å². The molecule has 2 saturated heterocycles. The number of nitrogens with zero attached hydrogens (tertiary/aromatic N) is 2. The second-order valence-electron chi connectivity index (χ2n) is 4.97. The van der Waals surface area contributed by atoms with Crippen LogP contribution in [0, 0.1) is 12.8 Å². The first-order valence-electron chi connectivity index (χ1n) is 6.19. The fraction of sp³-hybridized carbons (Fsp3) is 0.667. The van der Waals surface area contributed by atoms with Crippen LogP contribution < -0.4 is 5.32 Å². The minimum absolute atomic E-state index is 0.0555. The highest BCUT2D eigenvalue weighted by molar-refractivity contribution is 5.95. The molecule has 1 amide bonds. The predicted octanol–water partition coefficient (Wildman–Crippen LogP) is 0.807. The Bertz CT molecular complexity index is 415. The minimum Gasteiger partial charge on any atom is -0.361 e. The molecule has 5 nitrogen and oxygen atoms in total. The van der Waals surface area contributed by atoms with Crippen molar-refractivity contribution in [3.05, 3.63) is 17.5 Å². The fourth-order valence-electron chi connectivity index (χ4n) is 2.89. The zero-order valence-corrected chi connectivity index (χ0v) is 9.98. The monoisotopic (exact) mass is 235 g/mol. The molecule has 92 valence electrons. The number of piperidine rings is 1. The summed E-state index contributed by atoms with van der Waals surface area (Å²) in [7, 11) is 0. The molecule has 2 aliphatic heterocycles. The summed E-state index contributed by atoms with van der Waals surface area (Å²) in [6.07, 6.45) is 3.96. The molecule has 5 heteroatoms. The molecular weight excluding hydrogens is 218 g/mol. The Morgan fingerprint density at radius 2 is 2.47 bits per heavy atom. The summed E-state index contributed by atoms with van der Waals surface area (Å²) in [5.41, 5.74) is 0.601. The third kappa shape index (κ3) is 1.84. The van der Waals surface area contributed by atoms with Gasteiger partial charge in [0.25, 0.3) is 5.91 Å². The molecule has 3 heterocycles. The lowest BCUT2D eigenvalue weighted by atomic mass is 9.94.